The van der Waals surface area contributed by atoms with Crippen LogP contribution in [0.25, 0.3) is 49.7 Å². The predicted molar refractivity (Wildman–Crippen MR) is 238 cm³/mol. The number of hydrogen-bond donors (Lipinski definition) is 0. The van der Waals surface area contributed by atoms with Crippen LogP contribution in [0.15, 0.2) is 231 Å². The van der Waals surface area contributed by atoms with Gasteiger partial charge in [0.25, 0.3) is 0 Å². The minimum Gasteiger partial charge on any atom is -0.310 e. The standard InChI is InChI=1S/C55H38N2/c1-5-18-39(19-6-1)40-32-34-44(35-33-40)56(45-36-37-52-48(38-45)46-26-14-16-30-51(46)57(52)43-24-11-4-12-25-43)53-31-17-29-50-54(53)47-27-13-15-28-49(47)55(50,41-20-7-2-8-21-41)42-22-9-3-10-23-42/h1-38H. The van der Waals surface area contributed by atoms with Gasteiger partial charge in [0.15, 0.2) is 0 Å². The number of nitrogens with zero attached hydrogens (tertiary/aromatic N) is 2. The molecule has 0 fully saturated rings. The molecule has 0 spiro atoms. The first-order valence-corrected chi connectivity index (χ1v) is 19.7. The van der Waals surface area contributed by atoms with Gasteiger partial charge in [-0.1, -0.05) is 176 Å². The molecule has 0 N–H and O–H groups in total. The maximum absolute atomic E-state index is 2.48. The van der Waals surface area contributed by atoms with E-state index in [4.69, 9.17) is 0 Å². The Labute approximate surface area is 333 Å². The van der Waals surface area contributed by atoms with Crippen molar-refractivity contribution < 1.29 is 0 Å². The molecular formula is C55H38N2. The molecule has 0 unspecified atom stereocenters. The fraction of sp³-hybridized carbons (Fsp3) is 0.0182. The Balaban J connectivity index is 1.20. The van der Waals surface area contributed by atoms with E-state index in [1.807, 2.05) is 0 Å². The molecule has 0 saturated heterocycles. The zero-order valence-corrected chi connectivity index (χ0v) is 31.3. The zero-order chi connectivity index (χ0) is 37.8. The smallest absolute Gasteiger partial charge is 0.0714 e. The second-order valence-corrected chi connectivity index (χ2v) is 14.9. The average molecular weight is 727 g/mol. The molecule has 0 saturated carbocycles. The lowest BCUT2D eigenvalue weighted by Gasteiger charge is -2.34. The van der Waals surface area contributed by atoms with Crippen molar-refractivity contribution in [1.29, 1.82) is 0 Å². The van der Waals surface area contributed by atoms with Crippen LogP contribution >= 0.6 is 0 Å². The molecule has 1 heterocycles. The predicted octanol–water partition coefficient (Wildman–Crippen LogP) is 14.3. The van der Waals surface area contributed by atoms with E-state index in [1.54, 1.807) is 0 Å². The van der Waals surface area contributed by atoms with Crippen molar-refractivity contribution in [2.45, 2.75) is 5.41 Å². The summed E-state index contributed by atoms with van der Waals surface area (Å²) in [5, 5.41) is 2.45. The fourth-order valence-corrected chi connectivity index (χ4v) is 9.48. The van der Waals surface area contributed by atoms with E-state index in [1.165, 1.54) is 66.3 Å². The molecule has 0 atom stereocenters. The monoisotopic (exact) mass is 726 g/mol. The van der Waals surface area contributed by atoms with Gasteiger partial charge in [0.1, 0.15) is 0 Å². The minimum atomic E-state index is -0.500. The van der Waals surface area contributed by atoms with Crippen LogP contribution in [0.1, 0.15) is 22.3 Å². The fourth-order valence-electron chi connectivity index (χ4n) is 9.48. The lowest BCUT2D eigenvalue weighted by atomic mass is 9.68. The summed E-state index contributed by atoms with van der Waals surface area (Å²) in [6.45, 7) is 0. The van der Waals surface area contributed by atoms with Crippen molar-refractivity contribution >= 4 is 38.9 Å². The van der Waals surface area contributed by atoms with Gasteiger partial charge in [-0.25, -0.2) is 0 Å². The third-order valence-corrected chi connectivity index (χ3v) is 11.9. The Morgan fingerprint density at radius 2 is 0.912 bits per heavy atom. The number of anilines is 3. The van der Waals surface area contributed by atoms with Crippen LogP contribution in [-0.2, 0) is 5.41 Å². The van der Waals surface area contributed by atoms with Gasteiger partial charge >= 0.3 is 0 Å². The molecule has 10 aromatic rings. The van der Waals surface area contributed by atoms with Gasteiger partial charge in [0.2, 0.25) is 0 Å². The largest absolute Gasteiger partial charge is 0.310 e. The highest BCUT2D eigenvalue weighted by atomic mass is 15.1. The number of para-hydroxylation sites is 2. The Bertz CT molecular complexity index is 3000. The lowest BCUT2D eigenvalue weighted by molar-refractivity contribution is 0.768. The molecule has 9 aromatic carbocycles. The molecule has 0 radical (unpaired) electrons. The molecular weight excluding hydrogens is 689 g/mol. The van der Waals surface area contributed by atoms with E-state index in [0.717, 1.165) is 22.7 Å². The minimum absolute atomic E-state index is 0.500. The first-order chi connectivity index (χ1) is 28.3. The van der Waals surface area contributed by atoms with Crippen molar-refractivity contribution in [2.24, 2.45) is 0 Å². The molecule has 11 rings (SSSR count). The van der Waals surface area contributed by atoms with E-state index in [-0.39, 0.29) is 0 Å². The first-order valence-electron chi connectivity index (χ1n) is 19.7. The molecule has 1 aliphatic rings. The van der Waals surface area contributed by atoms with Crippen molar-refractivity contribution in [3.05, 3.63) is 253 Å². The van der Waals surface area contributed by atoms with Crippen molar-refractivity contribution in [1.82, 2.24) is 4.57 Å². The van der Waals surface area contributed by atoms with Crippen LogP contribution in [0.5, 0.6) is 0 Å². The summed E-state index contributed by atoms with van der Waals surface area (Å²) in [5.41, 5.74) is 16.4. The topological polar surface area (TPSA) is 8.17 Å². The number of fused-ring (bicyclic) bond motifs is 6. The summed E-state index contributed by atoms with van der Waals surface area (Å²) in [4.78, 5) is 2.48. The highest BCUT2D eigenvalue weighted by molar-refractivity contribution is 6.11. The van der Waals surface area contributed by atoms with Crippen molar-refractivity contribution in [3.63, 3.8) is 0 Å². The third-order valence-electron chi connectivity index (χ3n) is 11.9. The van der Waals surface area contributed by atoms with Gasteiger partial charge in [-0.3, -0.25) is 0 Å². The van der Waals surface area contributed by atoms with Gasteiger partial charge in [0, 0.05) is 33.4 Å². The van der Waals surface area contributed by atoms with Gasteiger partial charge in [-0.05, 0) is 93.5 Å². The van der Waals surface area contributed by atoms with Crippen LogP contribution in [-0.4, -0.2) is 4.57 Å². The van der Waals surface area contributed by atoms with Crippen LogP contribution < -0.4 is 4.90 Å². The molecule has 1 aliphatic carbocycles. The number of rotatable bonds is 7. The number of hydrogen-bond acceptors (Lipinski definition) is 1. The van der Waals surface area contributed by atoms with Gasteiger partial charge in [-0.2, -0.15) is 0 Å². The Morgan fingerprint density at radius 3 is 1.63 bits per heavy atom. The van der Waals surface area contributed by atoms with E-state index in [2.05, 4.69) is 240 Å². The number of benzene rings is 9. The molecule has 57 heavy (non-hydrogen) atoms. The van der Waals surface area contributed by atoms with E-state index < -0.39 is 5.41 Å². The second-order valence-electron chi connectivity index (χ2n) is 14.9. The Hall–Kier alpha value is -7.42. The zero-order valence-electron chi connectivity index (χ0n) is 31.3. The SMILES string of the molecule is c1ccc(-c2ccc(N(c3ccc4c(c3)c3ccccc3n4-c3ccccc3)c3cccc4c3-c3ccccc3C4(c3ccccc3)c3ccccc3)cc2)cc1. The van der Waals surface area contributed by atoms with Crippen LogP contribution in [0.3, 0.4) is 0 Å². The summed E-state index contributed by atoms with van der Waals surface area (Å²) in [6, 6.07) is 84.2. The highest BCUT2D eigenvalue weighted by Gasteiger charge is 2.47. The van der Waals surface area contributed by atoms with Crippen LogP contribution in [0, 0.1) is 0 Å². The van der Waals surface area contributed by atoms with Crippen LogP contribution in [0.2, 0.25) is 0 Å². The van der Waals surface area contributed by atoms with E-state index in [9.17, 15) is 0 Å². The molecule has 0 aliphatic heterocycles. The molecule has 1 aromatic heterocycles. The molecule has 268 valence electrons. The average Bonchev–Trinajstić information content (AvgIpc) is 3.79. The molecule has 0 amide bonds. The van der Waals surface area contributed by atoms with Gasteiger partial charge in [-0.15, -0.1) is 0 Å². The van der Waals surface area contributed by atoms with E-state index in [0.29, 0.717) is 0 Å². The third kappa shape index (κ3) is 5.11. The second kappa shape index (κ2) is 13.4. The molecule has 0 bridgehead atoms. The maximum atomic E-state index is 2.48. The Morgan fingerprint density at radius 1 is 0.368 bits per heavy atom. The summed E-state index contributed by atoms with van der Waals surface area (Å²) < 4.78 is 2.39. The summed E-state index contributed by atoms with van der Waals surface area (Å²) in [5.74, 6) is 0. The maximum Gasteiger partial charge on any atom is 0.0714 e. The summed E-state index contributed by atoms with van der Waals surface area (Å²) in [7, 11) is 0. The van der Waals surface area contributed by atoms with E-state index >= 15 is 0 Å². The van der Waals surface area contributed by atoms with Crippen LogP contribution in [0.4, 0.5) is 17.1 Å². The quantitative estimate of drug-likeness (QED) is 0.159. The summed E-state index contributed by atoms with van der Waals surface area (Å²) in [6.07, 6.45) is 0. The van der Waals surface area contributed by atoms with Crippen molar-refractivity contribution in [2.75, 3.05) is 4.90 Å². The lowest BCUT2D eigenvalue weighted by Crippen LogP contribution is -2.28. The molecule has 2 heteroatoms. The first kappa shape index (κ1) is 33.0. The van der Waals surface area contributed by atoms with Gasteiger partial charge in [0.05, 0.1) is 22.1 Å². The Kier molecular flexibility index (Phi) is 7.75. The number of aromatic nitrogens is 1. The van der Waals surface area contributed by atoms with Crippen molar-refractivity contribution in [3.8, 4) is 27.9 Å². The highest BCUT2D eigenvalue weighted by Crippen LogP contribution is 2.59. The normalized spacial score (nSPS) is 12.7. The molecule has 2 nitrogen and oxygen atoms in total. The summed E-state index contributed by atoms with van der Waals surface area (Å²) >= 11 is 0. The van der Waals surface area contributed by atoms with Gasteiger partial charge < -0.3 is 9.47 Å².